The second-order valence-electron chi connectivity index (χ2n) is 1.58. The van der Waals surface area contributed by atoms with Crippen molar-refractivity contribution >= 4 is 12.2 Å². The van der Waals surface area contributed by atoms with Crippen molar-refractivity contribution in [3.63, 3.8) is 0 Å². The van der Waals surface area contributed by atoms with E-state index in [2.05, 4.69) is 0 Å². The lowest BCUT2D eigenvalue weighted by Crippen LogP contribution is -1.91. The number of aliphatic hydroxyl groups excluding tert-OH is 1. The minimum Gasteiger partial charge on any atom is -0.477 e. The molecular weight excluding hydrogens is 122 g/mol. The van der Waals surface area contributed by atoms with E-state index in [1.165, 1.54) is 0 Å². The second kappa shape index (κ2) is 7.10. The van der Waals surface area contributed by atoms with E-state index in [0.29, 0.717) is 6.21 Å². The molecule has 0 aromatic heterocycles. The van der Waals surface area contributed by atoms with Crippen LogP contribution in [0.1, 0.15) is 13.8 Å². The van der Waals surface area contributed by atoms with Gasteiger partial charge in [0.1, 0.15) is 6.21 Å². The number of nitrogens with one attached hydrogen (secondary N) is 1. The molecule has 0 rings (SSSR count). The molecule has 0 heterocycles. The van der Waals surface area contributed by atoms with Crippen molar-refractivity contribution in [2.75, 3.05) is 0 Å². The van der Waals surface area contributed by atoms with Crippen molar-refractivity contribution in [1.82, 2.24) is 0 Å². The Morgan fingerprint density at radius 1 is 1.67 bits per heavy atom. The molecule has 0 aliphatic carbocycles. The molecule has 0 amide bonds. The summed E-state index contributed by atoms with van der Waals surface area (Å²) in [6, 6.07) is 0. The summed E-state index contributed by atoms with van der Waals surface area (Å²) < 4.78 is 0. The summed E-state index contributed by atoms with van der Waals surface area (Å²) in [5, 5.41) is 21.5. The Balaban J connectivity index is 0. The highest BCUT2D eigenvalue weighted by Crippen LogP contribution is 1.65. The Kier molecular flexibility index (Phi) is 8.66. The zero-order valence-corrected chi connectivity index (χ0v) is 5.46. The van der Waals surface area contributed by atoms with Crippen LogP contribution < -0.4 is 0 Å². The molecular formula is C5H11NO3. The quantitative estimate of drug-likeness (QED) is 0.444. The van der Waals surface area contributed by atoms with Crippen molar-refractivity contribution in [2.45, 2.75) is 20.0 Å². The summed E-state index contributed by atoms with van der Waals surface area (Å²) in [7, 11) is 0. The van der Waals surface area contributed by atoms with Crippen molar-refractivity contribution in [2.24, 2.45) is 0 Å². The fourth-order valence-corrected chi connectivity index (χ4v) is 0. The lowest BCUT2D eigenvalue weighted by molar-refractivity contribution is -0.128. The molecule has 0 atom stereocenters. The molecule has 0 bridgehead atoms. The van der Waals surface area contributed by atoms with Gasteiger partial charge in [-0.3, -0.25) is 0 Å². The summed E-state index contributed by atoms with van der Waals surface area (Å²) in [6.45, 7) is 3.44. The number of aliphatic carboxylic acids is 1. The van der Waals surface area contributed by atoms with Gasteiger partial charge in [0.05, 0.1) is 0 Å². The van der Waals surface area contributed by atoms with Crippen molar-refractivity contribution in [3.05, 3.63) is 0 Å². The number of aliphatic hydroxyl groups is 1. The molecule has 0 aromatic carbocycles. The summed E-state index contributed by atoms with van der Waals surface area (Å²) >= 11 is 0. The van der Waals surface area contributed by atoms with Gasteiger partial charge in [-0.15, -0.1) is 0 Å². The number of rotatable bonds is 1. The van der Waals surface area contributed by atoms with E-state index in [4.69, 9.17) is 20.4 Å². The standard InChI is InChI=1S/C3H8O.C2H3NO2/c1-3(2)4;3-1-2(4)5/h3-4H,1-2H3;1,3H,(H,4,5). The maximum Gasteiger partial charge on any atom is 0.346 e. The van der Waals surface area contributed by atoms with Gasteiger partial charge in [0, 0.05) is 6.10 Å². The number of hydrogen-bond donors (Lipinski definition) is 3. The van der Waals surface area contributed by atoms with Crippen LogP contribution in [0.3, 0.4) is 0 Å². The van der Waals surface area contributed by atoms with Gasteiger partial charge >= 0.3 is 5.97 Å². The van der Waals surface area contributed by atoms with Gasteiger partial charge in [-0.05, 0) is 13.8 Å². The van der Waals surface area contributed by atoms with Crippen molar-refractivity contribution in [3.8, 4) is 0 Å². The first-order valence-electron chi connectivity index (χ1n) is 2.42. The van der Waals surface area contributed by atoms with Crippen LogP contribution in [0.5, 0.6) is 0 Å². The number of carboxylic acid groups (broad SMARTS) is 1. The molecule has 3 N–H and O–H groups in total. The number of carbonyl (C=O) groups is 1. The van der Waals surface area contributed by atoms with Gasteiger partial charge in [0.15, 0.2) is 0 Å². The molecule has 54 valence electrons. The molecule has 4 heteroatoms. The third-order valence-electron chi connectivity index (χ3n) is 0.123. The van der Waals surface area contributed by atoms with E-state index in [1.54, 1.807) is 13.8 Å². The van der Waals surface area contributed by atoms with Gasteiger partial charge in [-0.1, -0.05) is 0 Å². The predicted octanol–water partition coefficient (Wildman–Crippen LogP) is 0.108. The first kappa shape index (κ1) is 11.0. The molecule has 0 saturated carbocycles. The van der Waals surface area contributed by atoms with Crippen LogP contribution in [-0.4, -0.2) is 28.5 Å². The van der Waals surface area contributed by atoms with Crippen LogP contribution in [0, 0.1) is 5.41 Å². The molecule has 0 fully saturated rings. The second-order valence-corrected chi connectivity index (χ2v) is 1.58. The minimum absolute atomic E-state index is 0.167. The molecule has 0 saturated heterocycles. The molecule has 0 spiro atoms. The van der Waals surface area contributed by atoms with E-state index in [-0.39, 0.29) is 6.10 Å². The van der Waals surface area contributed by atoms with E-state index in [9.17, 15) is 0 Å². The fraction of sp³-hybridized carbons (Fsp3) is 0.600. The zero-order valence-electron chi connectivity index (χ0n) is 5.46. The number of carboxylic acids is 1. The molecule has 0 unspecified atom stereocenters. The topological polar surface area (TPSA) is 81.4 Å². The maximum atomic E-state index is 9.12. The third kappa shape index (κ3) is 153. The van der Waals surface area contributed by atoms with Gasteiger partial charge in [-0.25, -0.2) is 4.79 Å². The van der Waals surface area contributed by atoms with E-state index in [0.717, 1.165) is 0 Å². The monoisotopic (exact) mass is 133 g/mol. The van der Waals surface area contributed by atoms with Gasteiger partial charge in [0.2, 0.25) is 0 Å². The Labute approximate surface area is 53.6 Å². The summed E-state index contributed by atoms with van der Waals surface area (Å²) in [4.78, 5) is 9.12. The SMILES string of the molecule is CC(C)O.N=CC(=O)O. The van der Waals surface area contributed by atoms with Gasteiger partial charge in [-0.2, -0.15) is 0 Å². The normalized spacial score (nSPS) is 7.56. The highest BCUT2D eigenvalue weighted by atomic mass is 16.4. The first-order valence-corrected chi connectivity index (χ1v) is 2.42. The highest BCUT2D eigenvalue weighted by Gasteiger charge is 1.76. The molecule has 4 nitrogen and oxygen atoms in total. The van der Waals surface area contributed by atoms with Crippen LogP contribution in [0.2, 0.25) is 0 Å². The zero-order chi connectivity index (χ0) is 7.86. The molecule has 0 radical (unpaired) electrons. The van der Waals surface area contributed by atoms with Crippen LogP contribution in [0.15, 0.2) is 0 Å². The van der Waals surface area contributed by atoms with Crippen molar-refractivity contribution < 1.29 is 15.0 Å². The predicted molar refractivity (Wildman–Crippen MR) is 33.8 cm³/mol. The molecule has 9 heavy (non-hydrogen) atoms. The smallest absolute Gasteiger partial charge is 0.346 e. The third-order valence-corrected chi connectivity index (χ3v) is 0.123. The van der Waals surface area contributed by atoms with E-state index in [1.807, 2.05) is 0 Å². The summed E-state index contributed by atoms with van der Waals surface area (Å²) in [5.74, 6) is -1.20. The van der Waals surface area contributed by atoms with Gasteiger partial charge < -0.3 is 15.6 Å². The van der Waals surface area contributed by atoms with E-state index >= 15 is 0 Å². The first-order chi connectivity index (χ1) is 4.00. The van der Waals surface area contributed by atoms with Crippen molar-refractivity contribution in [1.29, 1.82) is 5.41 Å². The Morgan fingerprint density at radius 2 is 1.78 bits per heavy atom. The minimum atomic E-state index is -1.20. The number of hydrogen-bond acceptors (Lipinski definition) is 3. The molecule has 0 aromatic rings. The van der Waals surface area contributed by atoms with E-state index < -0.39 is 5.97 Å². The maximum absolute atomic E-state index is 9.12. The van der Waals surface area contributed by atoms with Crippen LogP contribution in [0.4, 0.5) is 0 Å². The fourth-order valence-electron chi connectivity index (χ4n) is 0. The summed E-state index contributed by atoms with van der Waals surface area (Å²) in [5.41, 5.74) is 0. The lowest BCUT2D eigenvalue weighted by atomic mass is 10.5. The summed E-state index contributed by atoms with van der Waals surface area (Å²) in [6.07, 6.45) is 0.167. The molecule has 0 aliphatic heterocycles. The average molecular weight is 133 g/mol. The van der Waals surface area contributed by atoms with Gasteiger partial charge in [0.25, 0.3) is 0 Å². The van der Waals surface area contributed by atoms with Crippen LogP contribution in [-0.2, 0) is 4.79 Å². The Morgan fingerprint density at radius 3 is 1.78 bits per heavy atom. The Hall–Kier alpha value is -0.900. The Bertz CT molecular complexity index is 87.4. The average Bonchev–Trinajstić information content (AvgIpc) is 1.65. The van der Waals surface area contributed by atoms with Crippen LogP contribution in [0.25, 0.3) is 0 Å². The molecule has 0 aliphatic rings. The highest BCUT2D eigenvalue weighted by molar-refractivity contribution is 6.20. The lowest BCUT2D eigenvalue weighted by Gasteiger charge is -1.80. The van der Waals surface area contributed by atoms with Crippen LogP contribution >= 0.6 is 0 Å². The largest absolute Gasteiger partial charge is 0.477 e.